The lowest BCUT2D eigenvalue weighted by atomic mass is 10.1. The van der Waals surface area contributed by atoms with Crippen LogP contribution < -0.4 is 4.74 Å². The van der Waals surface area contributed by atoms with Crippen LogP contribution in [-0.2, 0) is 4.74 Å². The molecular weight excluding hydrogens is 256 g/mol. The molecule has 2 rings (SSSR count). The van der Waals surface area contributed by atoms with Gasteiger partial charge in [-0.05, 0) is 43.3 Å². The molecule has 0 saturated carbocycles. The van der Waals surface area contributed by atoms with E-state index in [1.54, 1.807) is 6.92 Å². The van der Waals surface area contributed by atoms with Gasteiger partial charge in [0.25, 0.3) is 0 Å². The van der Waals surface area contributed by atoms with Gasteiger partial charge in [-0.3, -0.25) is 4.90 Å². The monoisotopic (exact) mass is 278 g/mol. The van der Waals surface area contributed by atoms with E-state index in [1.807, 2.05) is 24.3 Å². The van der Waals surface area contributed by atoms with Crippen molar-refractivity contribution in [3.05, 3.63) is 29.8 Å². The van der Waals surface area contributed by atoms with Crippen molar-refractivity contribution in [3.63, 3.8) is 0 Å². The first-order valence-electron chi connectivity index (χ1n) is 6.98. The minimum Gasteiger partial charge on any atom is -0.491 e. The molecule has 1 fully saturated rings. The molecule has 0 amide bonds. The van der Waals surface area contributed by atoms with E-state index < -0.39 is 0 Å². The van der Waals surface area contributed by atoms with Gasteiger partial charge in [-0.15, -0.1) is 0 Å². The van der Waals surface area contributed by atoms with Gasteiger partial charge in [0.05, 0.1) is 12.3 Å². The molecule has 1 heterocycles. The van der Waals surface area contributed by atoms with E-state index in [4.69, 9.17) is 14.7 Å². The molecule has 1 aromatic rings. The predicted octanol–water partition coefficient (Wildman–Crippen LogP) is 1.98. The van der Waals surface area contributed by atoms with Gasteiger partial charge in [-0.2, -0.15) is 0 Å². The SMILES string of the molecule is CCN1CCOC(COc2ccc(C(C)=NO)cc2)C1. The second-order valence-electron chi connectivity index (χ2n) is 4.91. The van der Waals surface area contributed by atoms with E-state index in [-0.39, 0.29) is 6.10 Å². The number of nitrogens with zero attached hydrogens (tertiary/aromatic N) is 2. The summed E-state index contributed by atoms with van der Waals surface area (Å²) in [6, 6.07) is 7.52. The van der Waals surface area contributed by atoms with Crippen molar-refractivity contribution in [2.75, 3.05) is 32.8 Å². The van der Waals surface area contributed by atoms with Crippen LogP contribution in [-0.4, -0.2) is 54.8 Å². The van der Waals surface area contributed by atoms with Gasteiger partial charge in [0, 0.05) is 13.1 Å². The van der Waals surface area contributed by atoms with Gasteiger partial charge in [0.1, 0.15) is 18.5 Å². The fourth-order valence-electron chi connectivity index (χ4n) is 2.21. The zero-order chi connectivity index (χ0) is 14.4. The largest absolute Gasteiger partial charge is 0.491 e. The van der Waals surface area contributed by atoms with Crippen molar-refractivity contribution in [1.29, 1.82) is 0 Å². The molecule has 0 spiro atoms. The molecular formula is C15H22N2O3. The topological polar surface area (TPSA) is 54.3 Å². The third-order valence-corrected chi connectivity index (χ3v) is 3.53. The van der Waals surface area contributed by atoms with E-state index in [0.29, 0.717) is 12.3 Å². The lowest BCUT2D eigenvalue weighted by molar-refractivity contribution is -0.0464. The molecule has 110 valence electrons. The lowest BCUT2D eigenvalue weighted by Crippen LogP contribution is -2.44. The minimum absolute atomic E-state index is 0.129. The Labute approximate surface area is 119 Å². The van der Waals surface area contributed by atoms with Gasteiger partial charge in [-0.25, -0.2) is 0 Å². The quantitative estimate of drug-likeness (QED) is 0.508. The number of benzene rings is 1. The highest BCUT2D eigenvalue weighted by atomic mass is 16.5. The van der Waals surface area contributed by atoms with Crippen LogP contribution in [0.4, 0.5) is 0 Å². The maximum absolute atomic E-state index is 8.71. The number of rotatable bonds is 5. The third kappa shape index (κ3) is 3.95. The van der Waals surface area contributed by atoms with Crippen LogP contribution in [0, 0.1) is 0 Å². The van der Waals surface area contributed by atoms with E-state index >= 15 is 0 Å². The summed E-state index contributed by atoms with van der Waals surface area (Å²) in [4.78, 5) is 2.36. The normalized spacial score (nSPS) is 20.9. The minimum atomic E-state index is 0.129. The first kappa shape index (κ1) is 14.8. The second kappa shape index (κ2) is 7.26. The molecule has 5 heteroatoms. The van der Waals surface area contributed by atoms with E-state index in [2.05, 4.69) is 17.0 Å². The van der Waals surface area contributed by atoms with Gasteiger partial charge in [0.2, 0.25) is 0 Å². The first-order valence-corrected chi connectivity index (χ1v) is 6.98. The maximum atomic E-state index is 8.71. The van der Waals surface area contributed by atoms with E-state index in [9.17, 15) is 0 Å². The van der Waals surface area contributed by atoms with Crippen molar-refractivity contribution in [2.45, 2.75) is 20.0 Å². The van der Waals surface area contributed by atoms with Crippen molar-refractivity contribution < 1.29 is 14.7 Å². The van der Waals surface area contributed by atoms with E-state index in [1.165, 1.54) is 0 Å². The Morgan fingerprint density at radius 2 is 2.20 bits per heavy atom. The van der Waals surface area contributed by atoms with Gasteiger partial charge in [0.15, 0.2) is 0 Å². The highest BCUT2D eigenvalue weighted by Gasteiger charge is 2.19. The summed E-state index contributed by atoms with van der Waals surface area (Å²) < 4.78 is 11.4. The standard InChI is InChI=1S/C15H22N2O3/c1-3-17-8-9-19-15(10-17)11-20-14-6-4-13(5-7-14)12(2)16-18/h4-7,15,18H,3,8-11H2,1-2H3. The molecule has 1 aliphatic rings. The zero-order valence-electron chi connectivity index (χ0n) is 12.1. The first-order chi connectivity index (χ1) is 9.72. The average molecular weight is 278 g/mol. The van der Waals surface area contributed by atoms with Crippen molar-refractivity contribution >= 4 is 5.71 Å². The molecule has 0 aliphatic carbocycles. The summed E-state index contributed by atoms with van der Waals surface area (Å²) in [6.07, 6.45) is 0.129. The lowest BCUT2D eigenvalue weighted by Gasteiger charge is -2.31. The number of oxime groups is 1. The number of hydrogen-bond acceptors (Lipinski definition) is 5. The summed E-state index contributed by atoms with van der Waals surface area (Å²) in [7, 11) is 0. The fourth-order valence-corrected chi connectivity index (χ4v) is 2.21. The molecule has 5 nitrogen and oxygen atoms in total. The van der Waals surface area contributed by atoms with Crippen LogP contribution in [0.2, 0.25) is 0 Å². The fraction of sp³-hybridized carbons (Fsp3) is 0.533. The Morgan fingerprint density at radius 1 is 1.45 bits per heavy atom. The van der Waals surface area contributed by atoms with Gasteiger partial charge >= 0.3 is 0 Å². The number of hydrogen-bond donors (Lipinski definition) is 1. The van der Waals surface area contributed by atoms with Crippen LogP contribution in [0.5, 0.6) is 5.75 Å². The molecule has 1 N–H and O–H groups in total. The summed E-state index contributed by atoms with van der Waals surface area (Å²) in [5.74, 6) is 0.803. The van der Waals surface area contributed by atoms with Crippen molar-refractivity contribution in [1.82, 2.24) is 4.90 Å². The van der Waals surface area contributed by atoms with Gasteiger partial charge < -0.3 is 14.7 Å². The summed E-state index contributed by atoms with van der Waals surface area (Å²) in [5.41, 5.74) is 1.47. The van der Waals surface area contributed by atoms with E-state index in [0.717, 1.165) is 37.6 Å². The molecule has 1 unspecified atom stereocenters. The van der Waals surface area contributed by atoms with Crippen molar-refractivity contribution in [3.8, 4) is 5.75 Å². The molecule has 1 aromatic carbocycles. The molecule has 1 atom stereocenters. The summed E-state index contributed by atoms with van der Waals surface area (Å²) in [5, 5.41) is 11.9. The molecule has 20 heavy (non-hydrogen) atoms. The summed E-state index contributed by atoms with van der Waals surface area (Å²) >= 11 is 0. The highest BCUT2D eigenvalue weighted by Crippen LogP contribution is 2.14. The van der Waals surface area contributed by atoms with Crippen LogP contribution in [0.3, 0.4) is 0 Å². The Balaban J connectivity index is 1.84. The Kier molecular flexibility index (Phi) is 5.38. The van der Waals surface area contributed by atoms with Crippen LogP contribution in [0.15, 0.2) is 29.4 Å². The Morgan fingerprint density at radius 3 is 2.85 bits per heavy atom. The Bertz CT molecular complexity index is 445. The molecule has 0 aromatic heterocycles. The molecule has 0 bridgehead atoms. The van der Waals surface area contributed by atoms with Gasteiger partial charge in [-0.1, -0.05) is 12.1 Å². The zero-order valence-corrected chi connectivity index (χ0v) is 12.1. The maximum Gasteiger partial charge on any atom is 0.119 e. The molecule has 0 radical (unpaired) electrons. The number of morpholine rings is 1. The van der Waals surface area contributed by atoms with Crippen LogP contribution >= 0.6 is 0 Å². The number of ether oxygens (including phenoxy) is 2. The molecule has 1 aliphatic heterocycles. The third-order valence-electron chi connectivity index (χ3n) is 3.53. The van der Waals surface area contributed by atoms with Crippen LogP contribution in [0.25, 0.3) is 0 Å². The second-order valence-corrected chi connectivity index (χ2v) is 4.91. The smallest absolute Gasteiger partial charge is 0.119 e. The predicted molar refractivity (Wildman–Crippen MR) is 77.8 cm³/mol. The highest BCUT2D eigenvalue weighted by molar-refractivity contribution is 5.98. The van der Waals surface area contributed by atoms with Crippen molar-refractivity contribution in [2.24, 2.45) is 5.16 Å². The number of likely N-dealkylation sites (N-methyl/N-ethyl adjacent to an activating group) is 1. The Hall–Kier alpha value is -1.59. The average Bonchev–Trinajstić information content (AvgIpc) is 2.53. The summed E-state index contributed by atoms with van der Waals surface area (Å²) in [6.45, 7) is 8.22. The molecule has 1 saturated heterocycles. The van der Waals surface area contributed by atoms with Crippen LogP contribution in [0.1, 0.15) is 19.4 Å².